The third-order valence-corrected chi connectivity index (χ3v) is 5.37. The van der Waals surface area contributed by atoms with E-state index in [0.29, 0.717) is 13.1 Å². The highest BCUT2D eigenvalue weighted by Crippen LogP contribution is 2.39. The molecule has 8 nitrogen and oxygen atoms in total. The zero-order chi connectivity index (χ0) is 19.6. The van der Waals surface area contributed by atoms with E-state index in [4.69, 9.17) is 4.74 Å². The molecule has 2 fully saturated rings. The van der Waals surface area contributed by atoms with Crippen LogP contribution in [0.15, 0.2) is 12.1 Å². The van der Waals surface area contributed by atoms with Crippen LogP contribution in [0.1, 0.15) is 29.6 Å². The normalized spacial score (nSPS) is 18.1. The van der Waals surface area contributed by atoms with Gasteiger partial charge in [0.25, 0.3) is 11.6 Å². The van der Waals surface area contributed by atoms with Crippen LogP contribution in [-0.2, 0) is 0 Å². The third kappa shape index (κ3) is 4.44. The number of piperidine rings is 1. The maximum absolute atomic E-state index is 12.9. The molecule has 0 radical (unpaired) electrons. The predicted molar refractivity (Wildman–Crippen MR) is 98.6 cm³/mol. The van der Waals surface area contributed by atoms with Crippen molar-refractivity contribution in [1.29, 1.82) is 0 Å². The van der Waals surface area contributed by atoms with Crippen molar-refractivity contribution < 1.29 is 28.0 Å². The van der Waals surface area contributed by atoms with Crippen LogP contribution in [0.2, 0.25) is 0 Å². The number of nitro groups is 1. The second-order valence-electron chi connectivity index (χ2n) is 6.87. The quantitative estimate of drug-likeness (QED) is 0.580. The number of rotatable bonds is 5. The lowest BCUT2D eigenvalue weighted by Crippen LogP contribution is -2.44. The number of halogens is 3. The van der Waals surface area contributed by atoms with E-state index in [1.165, 1.54) is 7.11 Å². The van der Waals surface area contributed by atoms with E-state index in [-0.39, 0.29) is 29.1 Å². The first-order valence-electron chi connectivity index (χ1n) is 8.66. The predicted octanol–water partition coefficient (Wildman–Crippen LogP) is 2.84. The number of likely N-dealkylation sites (tertiary alicyclic amines) is 1. The molecule has 0 atom stereocenters. The Morgan fingerprint density at radius 1 is 1.29 bits per heavy atom. The molecule has 1 amide bonds. The van der Waals surface area contributed by atoms with Crippen molar-refractivity contribution in [3.63, 3.8) is 0 Å². The average molecular weight is 422 g/mol. The number of methoxy groups -OCH3 is 1. The molecule has 1 aromatic carbocycles. The number of carbonyl (C=O) groups excluding carboxylic acids is 1. The molecule has 1 N–H and O–H groups in total. The Labute approximate surface area is 166 Å². The van der Waals surface area contributed by atoms with Gasteiger partial charge in [0, 0.05) is 25.7 Å². The second kappa shape index (κ2) is 8.87. The van der Waals surface area contributed by atoms with Crippen molar-refractivity contribution in [2.24, 2.45) is 5.41 Å². The summed E-state index contributed by atoms with van der Waals surface area (Å²) in [4.78, 5) is 25.1. The average Bonchev–Trinajstić information content (AvgIpc) is 3.09. The van der Waals surface area contributed by atoms with Crippen LogP contribution in [0.3, 0.4) is 0 Å². The number of amides is 1. The molecule has 3 rings (SSSR count). The molecule has 11 heteroatoms. The Morgan fingerprint density at radius 3 is 2.46 bits per heavy atom. The van der Waals surface area contributed by atoms with Crippen molar-refractivity contribution in [2.45, 2.75) is 25.9 Å². The van der Waals surface area contributed by atoms with Gasteiger partial charge < -0.3 is 19.7 Å². The summed E-state index contributed by atoms with van der Waals surface area (Å²) in [6.45, 7) is -0.298. The van der Waals surface area contributed by atoms with Gasteiger partial charge in [0.15, 0.2) is 11.5 Å². The van der Waals surface area contributed by atoms with Crippen molar-refractivity contribution in [1.82, 2.24) is 10.2 Å². The minimum atomic E-state index is -3.17. The number of nitro benzene ring substituents is 1. The summed E-state index contributed by atoms with van der Waals surface area (Å²) in [5, 5.41) is 14.7. The van der Waals surface area contributed by atoms with Gasteiger partial charge in [0.1, 0.15) is 5.56 Å². The topological polar surface area (TPSA) is 93.9 Å². The van der Waals surface area contributed by atoms with Crippen molar-refractivity contribution in [3.8, 4) is 11.5 Å². The lowest BCUT2D eigenvalue weighted by atomic mass is 9.78. The highest BCUT2D eigenvalue weighted by molar-refractivity contribution is 5.99. The Bertz CT molecular complexity index is 734. The van der Waals surface area contributed by atoms with Gasteiger partial charge in [-0.05, 0) is 31.2 Å². The van der Waals surface area contributed by atoms with Crippen LogP contribution >= 0.6 is 12.4 Å². The molecule has 2 heterocycles. The van der Waals surface area contributed by atoms with E-state index in [2.05, 4.69) is 10.1 Å². The fraction of sp³-hybridized carbons (Fsp3) is 0.588. The van der Waals surface area contributed by atoms with E-state index >= 15 is 0 Å². The smallest absolute Gasteiger partial charge is 0.387 e. The summed E-state index contributed by atoms with van der Waals surface area (Å²) in [7, 11) is 1.21. The second-order valence-corrected chi connectivity index (χ2v) is 6.87. The minimum Gasteiger partial charge on any atom is -0.493 e. The van der Waals surface area contributed by atoms with Crippen molar-refractivity contribution in [3.05, 3.63) is 27.8 Å². The number of alkyl halides is 2. The maximum atomic E-state index is 12.9. The summed E-state index contributed by atoms with van der Waals surface area (Å²) < 4.78 is 34.3. The van der Waals surface area contributed by atoms with Gasteiger partial charge in [-0.25, -0.2) is 0 Å². The van der Waals surface area contributed by atoms with Crippen LogP contribution in [0, 0.1) is 15.5 Å². The first-order chi connectivity index (χ1) is 12.8. The Balaban J connectivity index is 0.00000280. The van der Waals surface area contributed by atoms with Gasteiger partial charge >= 0.3 is 6.61 Å². The van der Waals surface area contributed by atoms with Gasteiger partial charge in [-0.2, -0.15) is 8.78 Å². The van der Waals surface area contributed by atoms with Gasteiger partial charge in [-0.1, -0.05) is 0 Å². The molecule has 2 aliphatic heterocycles. The maximum Gasteiger partial charge on any atom is 0.387 e. The number of hydrogen-bond donors (Lipinski definition) is 1. The molecule has 1 spiro atoms. The van der Waals surface area contributed by atoms with Crippen molar-refractivity contribution >= 4 is 24.0 Å². The highest BCUT2D eigenvalue weighted by atomic mass is 35.5. The summed E-state index contributed by atoms with van der Waals surface area (Å²) in [6, 6.07) is 1.91. The molecule has 2 aliphatic rings. The van der Waals surface area contributed by atoms with Crippen LogP contribution in [0.4, 0.5) is 14.5 Å². The van der Waals surface area contributed by atoms with E-state index in [0.717, 1.165) is 44.5 Å². The number of nitrogens with one attached hydrogen (secondary N) is 1. The van der Waals surface area contributed by atoms with Crippen LogP contribution in [-0.4, -0.2) is 55.6 Å². The van der Waals surface area contributed by atoms with Gasteiger partial charge in [0.05, 0.1) is 18.1 Å². The molecular weight excluding hydrogens is 400 g/mol. The molecular formula is C17H22ClF2N3O5. The third-order valence-electron chi connectivity index (χ3n) is 5.37. The van der Waals surface area contributed by atoms with Crippen LogP contribution in [0.5, 0.6) is 11.5 Å². The summed E-state index contributed by atoms with van der Waals surface area (Å²) in [5.74, 6) is -1.15. The lowest BCUT2D eigenvalue weighted by Gasteiger charge is -2.38. The van der Waals surface area contributed by atoms with E-state index in [1.807, 2.05) is 0 Å². The SMILES string of the molecule is COc1cc(C(=O)N2CCC3(CCNC3)CC2)c([N+](=O)[O-])cc1OC(F)F.Cl. The zero-order valence-electron chi connectivity index (χ0n) is 15.3. The molecule has 28 heavy (non-hydrogen) atoms. The Hall–Kier alpha value is -2.20. The number of benzene rings is 1. The molecule has 156 valence electrons. The monoisotopic (exact) mass is 421 g/mol. The summed E-state index contributed by atoms with van der Waals surface area (Å²) >= 11 is 0. The largest absolute Gasteiger partial charge is 0.493 e. The molecule has 1 aromatic rings. The van der Waals surface area contributed by atoms with Gasteiger partial charge in [-0.3, -0.25) is 14.9 Å². The molecule has 0 unspecified atom stereocenters. The van der Waals surface area contributed by atoms with Gasteiger partial charge in [0.2, 0.25) is 0 Å². The fourth-order valence-electron chi connectivity index (χ4n) is 3.80. The number of nitrogens with zero attached hydrogens (tertiary/aromatic N) is 2. The first-order valence-corrected chi connectivity index (χ1v) is 8.66. The Kier molecular flexibility index (Phi) is 7.00. The minimum absolute atomic E-state index is 0. The van der Waals surface area contributed by atoms with Crippen molar-refractivity contribution in [2.75, 3.05) is 33.3 Å². The summed E-state index contributed by atoms with van der Waals surface area (Å²) in [6.07, 6.45) is 2.70. The number of carbonyl (C=O) groups is 1. The van der Waals surface area contributed by atoms with E-state index in [9.17, 15) is 23.7 Å². The van der Waals surface area contributed by atoms with E-state index < -0.39 is 28.9 Å². The van der Waals surface area contributed by atoms with Crippen LogP contribution < -0.4 is 14.8 Å². The summed E-state index contributed by atoms with van der Waals surface area (Å²) in [5.41, 5.74) is -0.590. The molecule has 2 saturated heterocycles. The lowest BCUT2D eigenvalue weighted by molar-refractivity contribution is -0.385. The fourth-order valence-corrected chi connectivity index (χ4v) is 3.80. The molecule has 0 aromatic heterocycles. The number of hydrogen-bond acceptors (Lipinski definition) is 6. The van der Waals surface area contributed by atoms with Gasteiger partial charge in [-0.15, -0.1) is 12.4 Å². The van der Waals surface area contributed by atoms with E-state index in [1.54, 1.807) is 4.90 Å². The molecule has 0 aliphatic carbocycles. The Morgan fingerprint density at radius 2 is 1.96 bits per heavy atom. The molecule has 0 bridgehead atoms. The number of ether oxygens (including phenoxy) is 2. The zero-order valence-corrected chi connectivity index (χ0v) is 16.1. The highest BCUT2D eigenvalue weighted by Gasteiger charge is 2.39. The standard InChI is InChI=1S/C17H21F2N3O5.ClH/c1-26-13-8-11(12(22(24)25)9-14(13)27-16(18)19)15(23)21-6-3-17(4-7-21)2-5-20-10-17;/h8-9,16,20H,2-7,10H2,1H3;1H. The first kappa shape index (κ1) is 22.1. The molecule has 0 saturated carbocycles. The van der Waals surface area contributed by atoms with Crippen LogP contribution in [0.25, 0.3) is 0 Å².